The van der Waals surface area contributed by atoms with Gasteiger partial charge in [-0.1, -0.05) is 24.2 Å². The van der Waals surface area contributed by atoms with Crippen LogP contribution in [0.1, 0.15) is 19.2 Å². The highest BCUT2D eigenvalue weighted by atomic mass is 19.1. The number of methoxy groups -OCH3 is 1. The van der Waals surface area contributed by atoms with Crippen molar-refractivity contribution < 1.29 is 23.2 Å². The lowest BCUT2D eigenvalue weighted by atomic mass is 10.2. The number of hydrogen-bond donors (Lipinski definition) is 0. The summed E-state index contributed by atoms with van der Waals surface area (Å²) in [6, 6.07) is 12.8. The summed E-state index contributed by atoms with van der Waals surface area (Å²) in [6.07, 6.45) is -0.245. The summed E-state index contributed by atoms with van der Waals surface area (Å²) in [5.41, 5.74) is 0.749. The van der Waals surface area contributed by atoms with E-state index in [1.807, 2.05) is 25.1 Å². The standard InChI is InChI=1S/C21H22FN3O4/c1-4-18(28-16-10-8-15(22)9-11-16)21(26)25(2)13-19-23-20(24-29-19)14-6-5-7-17(12-14)27-3/h5-12,18H,4,13H2,1-3H3/t18-/m1/s1. The molecule has 1 amide bonds. The lowest BCUT2D eigenvalue weighted by Crippen LogP contribution is -2.39. The lowest BCUT2D eigenvalue weighted by molar-refractivity contribution is -0.138. The number of halogens is 1. The normalized spacial score (nSPS) is 11.7. The zero-order valence-corrected chi connectivity index (χ0v) is 16.5. The Bertz CT molecular complexity index is 959. The van der Waals surface area contributed by atoms with E-state index in [9.17, 15) is 9.18 Å². The van der Waals surface area contributed by atoms with E-state index in [0.29, 0.717) is 29.6 Å². The first-order valence-electron chi connectivity index (χ1n) is 9.14. The molecule has 0 aliphatic carbocycles. The fourth-order valence-electron chi connectivity index (χ4n) is 2.71. The fourth-order valence-corrected chi connectivity index (χ4v) is 2.71. The largest absolute Gasteiger partial charge is 0.497 e. The van der Waals surface area contributed by atoms with Gasteiger partial charge in [0.1, 0.15) is 17.3 Å². The number of nitrogens with zero attached hydrogens (tertiary/aromatic N) is 3. The predicted octanol–water partition coefficient (Wildman–Crippen LogP) is 3.70. The van der Waals surface area contributed by atoms with E-state index in [-0.39, 0.29) is 18.3 Å². The summed E-state index contributed by atoms with van der Waals surface area (Å²) in [5, 5.41) is 3.97. The molecule has 2 aromatic carbocycles. The number of hydrogen-bond acceptors (Lipinski definition) is 6. The third-order valence-corrected chi connectivity index (χ3v) is 4.28. The van der Waals surface area contributed by atoms with E-state index in [4.69, 9.17) is 14.0 Å². The van der Waals surface area contributed by atoms with Gasteiger partial charge in [0, 0.05) is 12.6 Å². The Morgan fingerprint density at radius 2 is 1.97 bits per heavy atom. The Labute approximate surface area is 168 Å². The summed E-state index contributed by atoms with van der Waals surface area (Å²) < 4.78 is 29.2. The minimum Gasteiger partial charge on any atom is -0.497 e. The van der Waals surface area contributed by atoms with Gasteiger partial charge in [-0.05, 0) is 42.8 Å². The van der Waals surface area contributed by atoms with Gasteiger partial charge in [0.2, 0.25) is 11.7 Å². The number of aromatic nitrogens is 2. The summed E-state index contributed by atoms with van der Waals surface area (Å²) in [4.78, 5) is 18.5. The van der Waals surface area contributed by atoms with Gasteiger partial charge in [-0.25, -0.2) is 4.39 Å². The molecule has 0 saturated carbocycles. The molecule has 0 spiro atoms. The minimum atomic E-state index is -0.703. The van der Waals surface area contributed by atoms with Crippen molar-refractivity contribution in [2.75, 3.05) is 14.2 Å². The van der Waals surface area contributed by atoms with E-state index in [2.05, 4.69) is 10.1 Å². The average Bonchev–Trinajstić information content (AvgIpc) is 3.21. The van der Waals surface area contributed by atoms with Crippen LogP contribution in [0.2, 0.25) is 0 Å². The zero-order chi connectivity index (χ0) is 20.8. The van der Waals surface area contributed by atoms with Crippen molar-refractivity contribution in [3.63, 3.8) is 0 Å². The van der Waals surface area contributed by atoms with Gasteiger partial charge in [0.15, 0.2) is 6.10 Å². The Hall–Kier alpha value is -3.42. The van der Waals surface area contributed by atoms with Gasteiger partial charge in [-0.15, -0.1) is 0 Å². The number of benzene rings is 2. The topological polar surface area (TPSA) is 77.7 Å². The molecule has 0 aliphatic heterocycles. The molecule has 0 bridgehead atoms. The monoisotopic (exact) mass is 399 g/mol. The van der Waals surface area contributed by atoms with Crippen LogP contribution in [0.5, 0.6) is 11.5 Å². The maximum atomic E-state index is 13.0. The van der Waals surface area contributed by atoms with Crippen LogP contribution in [0, 0.1) is 5.82 Å². The maximum Gasteiger partial charge on any atom is 0.263 e. The van der Waals surface area contributed by atoms with Crippen LogP contribution in [0.4, 0.5) is 4.39 Å². The molecule has 29 heavy (non-hydrogen) atoms. The summed E-state index contributed by atoms with van der Waals surface area (Å²) in [5.74, 6) is 1.22. The van der Waals surface area contributed by atoms with E-state index >= 15 is 0 Å². The predicted molar refractivity (Wildman–Crippen MR) is 104 cm³/mol. The molecule has 1 atom stereocenters. The SMILES string of the molecule is CC[C@@H](Oc1ccc(F)cc1)C(=O)N(C)Cc1nc(-c2cccc(OC)c2)no1. The van der Waals surface area contributed by atoms with Crippen LogP contribution in [0.3, 0.4) is 0 Å². The van der Waals surface area contributed by atoms with E-state index < -0.39 is 6.10 Å². The molecule has 0 unspecified atom stereocenters. The van der Waals surface area contributed by atoms with Crippen LogP contribution in [-0.2, 0) is 11.3 Å². The Morgan fingerprint density at radius 1 is 1.21 bits per heavy atom. The minimum absolute atomic E-state index is 0.138. The van der Waals surface area contributed by atoms with Crippen molar-refractivity contribution in [2.24, 2.45) is 0 Å². The summed E-state index contributed by atoms with van der Waals surface area (Å²) >= 11 is 0. The molecular formula is C21H22FN3O4. The highest BCUT2D eigenvalue weighted by Gasteiger charge is 2.24. The molecule has 8 heteroatoms. The van der Waals surface area contributed by atoms with Crippen LogP contribution in [-0.4, -0.2) is 41.2 Å². The van der Waals surface area contributed by atoms with Crippen LogP contribution >= 0.6 is 0 Å². The summed E-state index contributed by atoms with van der Waals surface area (Å²) in [7, 11) is 3.22. The van der Waals surface area contributed by atoms with Crippen molar-refractivity contribution in [2.45, 2.75) is 26.0 Å². The third kappa shape index (κ3) is 5.10. The number of carbonyl (C=O) groups is 1. The van der Waals surface area contributed by atoms with Crippen LogP contribution in [0.15, 0.2) is 53.1 Å². The van der Waals surface area contributed by atoms with E-state index in [1.54, 1.807) is 20.2 Å². The molecule has 7 nitrogen and oxygen atoms in total. The van der Waals surface area contributed by atoms with Crippen LogP contribution in [0.25, 0.3) is 11.4 Å². The molecule has 1 aromatic heterocycles. The fraction of sp³-hybridized carbons (Fsp3) is 0.286. The molecule has 0 saturated heterocycles. The first-order chi connectivity index (χ1) is 14.0. The van der Waals surface area contributed by atoms with Crippen molar-refractivity contribution in [1.82, 2.24) is 15.0 Å². The molecule has 0 N–H and O–H groups in total. The smallest absolute Gasteiger partial charge is 0.263 e. The molecule has 0 fully saturated rings. The van der Waals surface area contributed by atoms with E-state index in [1.165, 1.54) is 29.2 Å². The van der Waals surface area contributed by atoms with E-state index in [0.717, 1.165) is 5.56 Å². The quantitative estimate of drug-likeness (QED) is 0.575. The first kappa shape index (κ1) is 20.3. The molecule has 3 aromatic rings. The van der Waals surface area contributed by atoms with Crippen molar-refractivity contribution in [1.29, 1.82) is 0 Å². The summed E-state index contributed by atoms with van der Waals surface area (Å²) in [6.45, 7) is 1.98. The van der Waals surface area contributed by atoms with Gasteiger partial charge in [0.25, 0.3) is 5.91 Å². The van der Waals surface area contributed by atoms with Crippen molar-refractivity contribution in [3.8, 4) is 22.9 Å². The second-order valence-electron chi connectivity index (χ2n) is 6.41. The number of amides is 1. The van der Waals surface area contributed by atoms with Crippen LogP contribution < -0.4 is 9.47 Å². The molecule has 3 rings (SSSR count). The molecule has 0 radical (unpaired) electrons. The zero-order valence-electron chi connectivity index (χ0n) is 16.5. The molecular weight excluding hydrogens is 377 g/mol. The molecule has 1 heterocycles. The average molecular weight is 399 g/mol. The number of rotatable bonds is 8. The van der Waals surface area contributed by atoms with Gasteiger partial charge in [-0.3, -0.25) is 4.79 Å². The first-order valence-corrected chi connectivity index (χ1v) is 9.14. The van der Waals surface area contributed by atoms with Gasteiger partial charge < -0.3 is 18.9 Å². The number of likely N-dealkylation sites (N-methyl/N-ethyl adjacent to an activating group) is 1. The highest BCUT2D eigenvalue weighted by molar-refractivity contribution is 5.80. The highest BCUT2D eigenvalue weighted by Crippen LogP contribution is 2.22. The van der Waals surface area contributed by atoms with Crippen molar-refractivity contribution >= 4 is 5.91 Å². The molecule has 0 aliphatic rings. The van der Waals surface area contributed by atoms with Gasteiger partial charge >= 0.3 is 0 Å². The number of ether oxygens (including phenoxy) is 2. The van der Waals surface area contributed by atoms with Crippen molar-refractivity contribution in [3.05, 3.63) is 60.2 Å². The molecule has 152 valence electrons. The number of carbonyl (C=O) groups excluding carboxylic acids is 1. The Balaban J connectivity index is 1.65. The second-order valence-corrected chi connectivity index (χ2v) is 6.41. The Morgan fingerprint density at radius 3 is 2.66 bits per heavy atom. The Kier molecular flexibility index (Phi) is 6.43. The lowest BCUT2D eigenvalue weighted by Gasteiger charge is -2.22. The third-order valence-electron chi connectivity index (χ3n) is 4.28. The second kappa shape index (κ2) is 9.18. The van der Waals surface area contributed by atoms with Gasteiger partial charge in [0.05, 0.1) is 13.7 Å². The van der Waals surface area contributed by atoms with Gasteiger partial charge in [-0.2, -0.15) is 4.98 Å². The maximum absolute atomic E-state index is 13.0.